The summed E-state index contributed by atoms with van der Waals surface area (Å²) < 4.78 is 0. The van der Waals surface area contributed by atoms with Crippen LogP contribution >= 0.6 is 0 Å². The molecule has 0 aliphatic heterocycles. The van der Waals surface area contributed by atoms with Crippen molar-refractivity contribution in [3.63, 3.8) is 0 Å². The van der Waals surface area contributed by atoms with Crippen LogP contribution in [0.3, 0.4) is 0 Å². The van der Waals surface area contributed by atoms with E-state index in [1.54, 1.807) is 19.1 Å². The number of rotatable bonds is 2. The van der Waals surface area contributed by atoms with Gasteiger partial charge in [0.15, 0.2) is 0 Å². The summed E-state index contributed by atoms with van der Waals surface area (Å²) in [5, 5.41) is 16.6. The molecule has 0 saturated heterocycles. The zero-order valence-corrected chi connectivity index (χ0v) is 4.83. The minimum Gasteiger partial charge on any atom is -0.389 e. The van der Waals surface area contributed by atoms with Gasteiger partial charge >= 0.3 is 0 Å². The molecule has 0 bridgehead atoms. The lowest BCUT2D eigenvalue weighted by Crippen LogP contribution is -1.90. The summed E-state index contributed by atoms with van der Waals surface area (Å²) in [5.41, 5.74) is 0. The van der Waals surface area contributed by atoms with Gasteiger partial charge < -0.3 is 5.11 Å². The van der Waals surface area contributed by atoms with E-state index in [0.717, 1.165) is 0 Å². The average Bonchev–Trinajstić information content (AvgIpc) is 1.66. The summed E-state index contributed by atoms with van der Waals surface area (Å²) in [6.45, 7) is 1.65. The maximum absolute atomic E-state index is 8.58. The van der Waals surface area contributed by atoms with Gasteiger partial charge in [0, 0.05) is 0 Å². The first-order valence-corrected chi connectivity index (χ1v) is 2.49. The molecule has 1 atom stereocenters. The van der Waals surface area contributed by atoms with Gasteiger partial charge in [-0.1, -0.05) is 12.2 Å². The quantitative estimate of drug-likeness (QED) is 0.536. The van der Waals surface area contributed by atoms with Crippen LogP contribution in [0.1, 0.15) is 13.3 Å². The van der Waals surface area contributed by atoms with Crippen LogP contribution in [0.2, 0.25) is 0 Å². The van der Waals surface area contributed by atoms with Crippen molar-refractivity contribution in [2.75, 3.05) is 0 Å². The molecule has 44 valence electrons. The van der Waals surface area contributed by atoms with E-state index < -0.39 is 6.10 Å². The lowest BCUT2D eigenvalue weighted by Gasteiger charge is -1.88. The van der Waals surface area contributed by atoms with Gasteiger partial charge in [-0.2, -0.15) is 5.26 Å². The molecule has 0 saturated carbocycles. The number of nitriles is 1. The van der Waals surface area contributed by atoms with Crippen molar-refractivity contribution in [3.05, 3.63) is 12.2 Å². The predicted octanol–water partition coefficient (Wildman–Crippen LogP) is 0.837. The topological polar surface area (TPSA) is 44.0 Å². The van der Waals surface area contributed by atoms with Gasteiger partial charge in [0.2, 0.25) is 0 Å². The second-order valence-electron chi connectivity index (χ2n) is 1.53. The van der Waals surface area contributed by atoms with E-state index in [1.807, 2.05) is 6.07 Å². The minimum absolute atomic E-state index is 0.380. The molecule has 1 unspecified atom stereocenters. The molecule has 0 heterocycles. The van der Waals surface area contributed by atoms with Crippen LogP contribution in [-0.4, -0.2) is 11.2 Å². The van der Waals surface area contributed by atoms with Crippen LogP contribution in [0.5, 0.6) is 0 Å². The summed E-state index contributed by atoms with van der Waals surface area (Å²) in [7, 11) is 0. The molecule has 2 heteroatoms. The van der Waals surface area contributed by atoms with Crippen molar-refractivity contribution in [2.45, 2.75) is 19.4 Å². The molecule has 0 rings (SSSR count). The Morgan fingerprint density at radius 3 is 2.88 bits per heavy atom. The molecule has 0 fully saturated rings. The molecule has 0 aromatic heterocycles. The van der Waals surface area contributed by atoms with E-state index in [1.165, 1.54) is 0 Å². The Labute approximate surface area is 49.1 Å². The third-order valence-corrected chi connectivity index (χ3v) is 0.624. The third-order valence-electron chi connectivity index (χ3n) is 0.624. The van der Waals surface area contributed by atoms with Crippen LogP contribution < -0.4 is 0 Å². The number of nitrogens with zero attached hydrogens (tertiary/aromatic N) is 1. The molecule has 1 N–H and O–H groups in total. The minimum atomic E-state index is -0.427. The highest BCUT2D eigenvalue weighted by Gasteiger charge is 1.81. The molecule has 0 aromatic carbocycles. The summed E-state index contributed by atoms with van der Waals surface area (Å²) in [6, 6.07) is 1.93. The summed E-state index contributed by atoms with van der Waals surface area (Å²) in [4.78, 5) is 0. The zero-order valence-electron chi connectivity index (χ0n) is 4.83. The van der Waals surface area contributed by atoms with E-state index in [-0.39, 0.29) is 0 Å². The Morgan fingerprint density at radius 2 is 2.50 bits per heavy atom. The van der Waals surface area contributed by atoms with Gasteiger partial charge in [-0.05, 0) is 6.92 Å². The van der Waals surface area contributed by atoms with E-state index in [9.17, 15) is 0 Å². The van der Waals surface area contributed by atoms with E-state index in [4.69, 9.17) is 10.4 Å². The van der Waals surface area contributed by atoms with Crippen molar-refractivity contribution < 1.29 is 5.11 Å². The maximum Gasteiger partial charge on any atom is 0.0693 e. The summed E-state index contributed by atoms with van der Waals surface area (Å²) in [6.07, 6.45) is 3.18. The Bertz CT molecular complexity index is 110. The first-order valence-electron chi connectivity index (χ1n) is 2.49. The van der Waals surface area contributed by atoms with Crippen molar-refractivity contribution in [1.29, 1.82) is 5.26 Å². The van der Waals surface area contributed by atoms with Crippen molar-refractivity contribution >= 4 is 0 Å². The molecule has 0 amide bonds. The Morgan fingerprint density at radius 1 is 1.88 bits per heavy atom. The standard InChI is InChI=1S/C6H9NO/c1-6(8)4-2-3-5-7/h2,4,6,8H,3H2,1H3/b4-2+. The highest BCUT2D eigenvalue weighted by atomic mass is 16.3. The largest absolute Gasteiger partial charge is 0.389 e. The molecule has 0 aromatic rings. The number of aliphatic hydroxyl groups excluding tert-OH is 1. The fourth-order valence-electron chi connectivity index (χ4n) is 0.318. The zero-order chi connectivity index (χ0) is 6.41. The molecular weight excluding hydrogens is 102 g/mol. The SMILES string of the molecule is CC(O)/C=C/CC#N. The first kappa shape index (κ1) is 7.19. The summed E-state index contributed by atoms with van der Waals surface area (Å²) >= 11 is 0. The molecule has 0 radical (unpaired) electrons. The van der Waals surface area contributed by atoms with E-state index >= 15 is 0 Å². The lowest BCUT2D eigenvalue weighted by molar-refractivity contribution is 0.244. The van der Waals surface area contributed by atoms with Crippen LogP contribution in [0, 0.1) is 11.3 Å². The van der Waals surface area contributed by atoms with Gasteiger partial charge in [-0.25, -0.2) is 0 Å². The third kappa shape index (κ3) is 5.19. The predicted molar refractivity (Wildman–Crippen MR) is 31.1 cm³/mol. The van der Waals surface area contributed by atoms with Crippen molar-refractivity contribution in [3.8, 4) is 6.07 Å². The second-order valence-corrected chi connectivity index (χ2v) is 1.53. The van der Waals surface area contributed by atoms with Crippen molar-refractivity contribution in [2.24, 2.45) is 0 Å². The normalized spacial score (nSPS) is 13.6. The summed E-state index contributed by atoms with van der Waals surface area (Å²) in [5.74, 6) is 0. The number of hydrogen-bond acceptors (Lipinski definition) is 2. The highest BCUT2D eigenvalue weighted by molar-refractivity contribution is 4.92. The van der Waals surface area contributed by atoms with E-state index in [2.05, 4.69) is 0 Å². The number of allylic oxidation sites excluding steroid dienone is 1. The number of aliphatic hydroxyl groups is 1. The van der Waals surface area contributed by atoms with Gasteiger partial charge in [-0.3, -0.25) is 0 Å². The monoisotopic (exact) mass is 111 g/mol. The highest BCUT2D eigenvalue weighted by Crippen LogP contribution is 1.84. The smallest absolute Gasteiger partial charge is 0.0693 e. The maximum atomic E-state index is 8.58. The van der Waals surface area contributed by atoms with Gasteiger partial charge in [0.25, 0.3) is 0 Å². The van der Waals surface area contributed by atoms with Crippen LogP contribution in [0.25, 0.3) is 0 Å². The Kier molecular flexibility index (Phi) is 3.91. The number of hydrogen-bond donors (Lipinski definition) is 1. The second kappa shape index (κ2) is 4.35. The van der Waals surface area contributed by atoms with Crippen LogP contribution in [-0.2, 0) is 0 Å². The molecule has 2 nitrogen and oxygen atoms in total. The van der Waals surface area contributed by atoms with Crippen LogP contribution in [0.4, 0.5) is 0 Å². The lowest BCUT2D eigenvalue weighted by atomic mass is 10.3. The first-order chi connectivity index (χ1) is 3.77. The molecule has 0 spiro atoms. The van der Waals surface area contributed by atoms with E-state index in [0.29, 0.717) is 6.42 Å². The molecule has 0 aliphatic carbocycles. The van der Waals surface area contributed by atoms with Gasteiger partial charge in [-0.15, -0.1) is 0 Å². The Hall–Kier alpha value is -0.810. The average molecular weight is 111 g/mol. The Balaban J connectivity index is 3.23. The fraction of sp³-hybridized carbons (Fsp3) is 0.500. The van der Waals surface area contributed by atoms with Crippen molar-refractivity contribution in [1.82, 2.24) is 0 Å². The van der Waals surface area contributed by atoms with Gasteiger partial charge in [0.1, 0.15) is 0 Å². The molecular formula is C6H9NO. The molecule has 0 aliphatic rings. The fourth-order valence-corrected chi connectivity index (χ4v) is 0.318. The molecule has 8 heavy (non-hydrogen) atoms. The van der Waals surface area contributed by atoms with Crippen LogP contribution in [0.15, 0.2) is 12.2 Å². The van der Waals surface area contributed by atoms with Gasteiger partial charge in [0.05, 0.1) is 18.6 Å².